The van der Waals surface area contributed by atoms with Crippen molar-refractivity contribution in [2.75, 3.05) is 18.8 Å². The van der Waals surface area contributed by atoms with Gasteiger partial charge < -0.3 is 14.2 Å². The molecule has 140 valence electrons. The molecule has 1 saturated heterocycles. The Morgan fingerprint density at radius 1 is 1.33 bits per heavy atom. The third-order valence-electron chi connectivity index (χ3n) is 4.57. The number of likely N-dealkylation sites (tertiary alicyclic amines) is 1. The zero-order valence-electron chi connectivity index (χ0n) is 15.0. The zero-order chi connectivity index (χ0) is 19.0. The predicted octanol–water partition coefficient (Wildman–Crippen LogP) is 2.69. The minimum Gasteiger partial charge on any atom is -0.486 e. The summed E-state index contributed by atoms with van der Waals surface area (Å²) in [6.45, 7) is 2.96. The number of benzene rings is 1. The normalized spacial score (nSPS) is 14.4. The first kappa shape index (κ1) is 18.1. The second-order valence-electron chi connectivity index (χ2n) is 6.50. The van der Waals surface area contributed by atoms with Crippen molar-refractivity contribution < 1.29 is 9.53 Å². The van der Waals surface area contributed by atoms with Crippen LogP contribution in [0.15, 0.2) is 45.5 Å². The summed E-state index contributed by atoms with van der Waals surface area (Å²) in [6, 6.07) is 11.3. The highest BCUT2D eigenvalue weighted by Gasteiger charge is 2.32. The van der Waals surface area contributed by atoms with Crippen LogP contribution in [0.3, 0.4) is 0 Å². The van der Waals surface area contributed by atoms with Crippen LogP contribution < -0.4 is 10.3 Å². The molecule has 0 N–H and O–H groups in total. The van der Waals surface area contributed by atoms with Crippen molar-refractivity contribution in [3.63, 3.8) is 0 Å². The molecule has 27 heavy (non-hydrogen) atoms. The van der Waals surface area contributed by atoms with Gasteiger partial charge in [0.25, 0.3) is 5.56 Å². The standard InChI is InChI=1S/C19H19N3O3S2/c1-12-7-13(8-17(23)21(12)2)25-14-9-22(10-14)18(24)11-26-19-20-15-5-3-4-6-16(15)27-19/h3-8,14H,9-11H2,1-2H3. The Hall–Kier alpha value is -2.32. The van der Waals surface area contributed by atoms with Crippen LogP contribution in [-0.4, -0.2) is 45.3 Å². The number of hydrogen-bond donors (Lipinski definition) is 0. The molecule has 0 atom stereocenters. The van der Waals surface area contributed by atoms with E-state index >= 15 is 0 Å². The van der Waals surface area contributed by atoms with Crippen molar-refractivity contribution in [1.82, 2.24) is 14.5 Å². The number of ether oxygens (including phenoxy) is 1. The summed E-state index contributed by atoms with van der Waals surface area (Å²) in [7, 11) is 1.73. The molecule has 2 aromatic heterocycles. The fraction of sp³-hybridized carbons (Fsp3) is 0.316. The van der Waals surface area contributed by atoms with Gasteiger partial charge in [-0.1, -0.05) is 23.9 Å². The number of para-hydroxylation sites is 1. The van der Waals surface area contributed by atoms with Crippen LogP contribution in [0, 0.1) is 6.92 Å². The van der Waals surface area contributed by atoms with Crippen LogP contribution in [-0.2, 0) is 11.8 Å². The van der Waals surface area contributed by atoms with Crippen molar-refractivity contribution in [2.45, 2.75) is 17.4 Å². The molecule has 1 fully saturated rings. The van der Waals surface area contributed by atoms with Crippen LogP contribution in [0.2, 0.25) is 0 Å². The average Bonchev–Trinajstić information content (AvgIpc) is 3.03. The van der Waals surface area contributed by atoms with Crippen LogP contribution >= 0.6 is 23.1 Å². The number of aryl methyl sites for hydroxylation is 1. The summed E-state index contributed by atoms with van der Waals surface area (Å²) in [6.07, 6.45) is -0.0621. The molecular weight excluding hydrogens is 382 g/mol. The highest BCUT2D eigenvalue weighted by Crippen LogP contribution is 2.29. The summed E-state index contributed by atoms with van der Waals surface area (Å²) < 4.78 is 9.44. The van der Waals surface area contributed by atoms with Gasteiger partial charge in [0, 0.05) is 18.8 Å². The maximum absolute atomic E-state index is 12.3. The number of carbonyl (C=O) groups excluding carboxylic acids is 1. The van der Waals surface area contributed by atoms with E-state index in [1.54, 1.807) is 27.9 Å². The molecule has 1 aliphatic heterocycles. The second-order valence-corrected chi connectivity index (χ2v) is 8.76. The number of thiazole rings is 1. The zero-order valence-corrected chi connectivity index (χ0v) is 16.7. The number of nitrogens with zero attached hydrogens (tertiary/aromatic N) is 3. The summed E-state index contributed by atoms with van der Waals surface area (Å²) in [5.41, 5.74) is 1.72. The summed E-state index contributed by atoms with van der Waals surface area (Å²) in [5.74, 6) is 1.02. The lowest BCUT2D eigenvalue weighted by molar-refractivity contribution is -0.137. The Labute approximate surface area is 164 Å². The Morgan fingerprint density at radius 3 is 2.85 bits per heavy atom. The van der Waals surface area contributed by atoms with E-state index < -0.39 is 0 Å². The molecule has 0 spiro atoms. The number of thioether (sulfide) groups is 1. The van der Waals surface area contributed by atoms with Crippen molar-refractivity contribution in [3.8, 4) is 5.75 Å². The summed E-state index contributed by atoms with van der Waals surface area (Å²) in [5, 5.41) is 0. The summed E-state index contributed by atoms with van der Waals surface area (Å²) in [4.78, 5) is 30.5. The van der Waals surface area contributed by atoms with Gasteiger partial charge in [0.05, 0.1) is 29.1 Å². The van der Waals surface area contributed by atoms with E-state index in [0.717, 1.165) is 20.3 Å². The number of fused-ring (bicyclic) bond motifs is 1. The fourth-order valence-electron chi connectivity index (χ4n) is 2.84. The van der Waals surface area contributed by atoms with Gasteiger partial charge >= 0.3 is 0 Å². The topological polar surface area (TPSA) is 64.4 Å². The first-order chi connectivity index (χ1) is 13.0. The van der Waals surface area contributed by atoms with Crippen molar-refractivity contribution >= 4 is 39.2 Å². The van der Waals surface area contributed by atoms with Gasteiger partial charge in [0.15, 0.2) is 4.34 Å². The quantitative estimate of drug-likeness (QED) is 0.615. The molecule has 0 bridgehead atoms. The van der Waals surface area contributed by atoms with E-state index in [0.29, 0.717) is 24.6 Å². The molecule has 8 heteroatoms. The van der Waals surface area contributed by atoms with Gasteiger partial charge in [-0.05, 0) is 25.1 Å². The highest BCUT2D eigenvalue weighted by atomic mass is 32.2. The van der Waals surface area contributed by atoms with E-state index in [2.05, 4.69) is 4.98 Å². The largest absolute Gasteiger partial charge is 0.486 e. The molecule has 0 unspecified atom stereocenters. The molecular formula is C19H19N3O3S2. The van der Waals surface area contributed by atoms with Gasteiger partial charge in [-0.15, -0.1) is 11.3 Å². The average molecular weight is 402 g/mol. The van der Waals surface area contributed by atoms with E-state index in [-0.39, 0.29) is 17.6 Å². The molecule has 4 rings (SSSR count). The highest BCUT2D eigenvalue weighted by molar-refractivity contribution is 8.01. The number of pyridine rings is 1. The number of amides is 1. The van der Waals surface area contributed by atoms with E-state index in [4.69, 9.17) is 4.74 Å². The third-order valence-corrected chi connectivity index (χ3v) is 6.74. The minimum atomic E-state index is -0.0931. The Balaban J connectivity index is 1.28. The molecule has 1 aliphatic rings. The van der Waals surface area contributed by atoms with Gasteiger partial charge in [0.1, 0.15) is 11.9 Å². The predicted molar refractivity (Wildman–Crippen MR) is 108 cm³/mol. The minimum absolute atomic E-state index is 0.0621. The van der Waals surface area contributed by atoms with Gasteiger partial charge in [-0.2, -0.15) is 0 Å². The van der Waals surface area contributed by atoms with E-state index in [1.165, 1.54) is 17.8 Å². The Bertz CT molecular complexity index is 1020. The first-order valence-corrected chi connectivity index (χ1v) is 10.4. The Kier molecular flexibility index (Phi) is 4.92. The number of hydrogen-bond acceptors (Lipinski definition) is 6. The van der Waals surface area contributed by atoms with Crippen LogP contribution in [0.5, 0.6) is 5.75 Å². The van der Waals surface area contributed by atoms with Gasteiger partial charge in [-0.3, -0.25) is 9.59 Å². The molecule has 3 heterocycles. The monoisotopic (exact) mass is 401 g/mol. The summed E-state index contributed by atoms with van der Waals surface area (Å²) >= 11 is 3.08. The Morgan fingerprint density at radius 2 is 2.11 bits per heavy atom. The lowest BCUT2D eigenvalue weighted by Crippen LogP contribution is -2.56. The van der Waals surface area contributed by atoms with Crippen molar-refractivity contribution in [2.24, 2.45) is 7.05 Å². The van der Waals surface area contributed by atoms with Gasteiger partial charge in [0.2, 0.25) is 5.91 Å². The number of aromatic nitrogens is 2. The molecule has 0 saturated carbocycles. The maximum Gasteiger partial charge on any atom is 0.254 e. The molecule has 1 amide bonds. The van der Waals surface area contributed by atoms with E-state index in [1.807, 2.05) is 37.3 Å². The molecule has 0 aliphatic carbocycles. The van der Waals surface area contributed by atoms with Crippen LogP contribution in [0.4, 0.5) is 0 Å². The molecule has 0 radical (unpaired) electrons. The second kappa shape index (κ2) is 7.36. The first-order valence-electron chi connectivity index (χ1n) is 8.60. The lowest BCUT2D eigenvalue weighted by atomic mass is 10.1. The SMILES string of the molecule is Cc1cc(OC2CN(C(=O)CSc3nc4ccccc4s3)C2)cc(=O)n1C. The third kappa shape index (κ3) is 3.86. The molecule has 3 aromatic rings. The smallest absolute Gasteiger partial charge is 0.254 e. The lowest BCUT2D eigenvalue weighted by Gasteiger charge is -2.38. The maximum atomic E-state index is 12.3. The number of carbonyl (C=O) groups is 1. The van der Waals surface area contributed by atoms with Crippen LogP contribution in [0.1, 0.15) is 5.69 Å². The molecule has 6 nitrogen and oxygen atoms in total. The fourth-order valence-corrected chi connectivity index (χ4v) is 4.81. The molecule has 1 aromatic carbocycles. The number of rotatable bonds is 5. The van der Waals surface area contributed by atoms with Crippen molar-refractivity contribution in [3.05, 3.63) is 52.4 Å². The van der Waals surface area contributed by atoms with E-state index in [9.17, 15) is 9.59 Å². The van der Waals surface area contributed by atoms with Crippen LogP contribution in [0.25, 0.3) is 10.2 Å². The van der Waals surface area contributed by atoms with Gasteiger partial charge in [-0.25, -0.2) is 4.98 Å². The van der Waals surface area contributed by atoms with Crippen molar-refractivity contribution in [1.29, 1.82) is 0 Å².